The van der Waals surface area contributed by atoms with Gasteiger partial charge in [-0.15, -0.1) is 0 Å². The predicted molar refractivity (Wildman–Crippen MR) is 185 cm³/mol. The van der Waals surface area contributed by atoms with Gasteiger partial charge in [0, 0.05) is 33.0 Å². The van der Waals surface area contributed by atoms with Crippen molar-refractivity contribution in [1.29, 1.82) is 0 Å². The third-order valence-electron chi connectivity index (χ3n) is 10.6. The number of rotatable bonds is 2. The SMILES string of the molecule is CC1(C)C2=C(CCC=C2)N2c3ccc(-n4c5ccccc5c5ccccc54)cc3C(C)(C)c3cc(-c4ccccc4)cc1c32. The molecule has 0 fully saturated rings. The fourth-order valence-electron chi connectivity index (χ4n) is 8.33. The van der Waals surface area contributed by atoms with Crippen molar-refractivity contribution in [2.24, 2.45) is 0 Å². The molecule has 0 unspecified atom stereocenters. The summed E-state index contributed by atoms with van der Waals surface area (Å²) in [5, 5.41) is 2.59. The third kappa shape index (κ3) is 3.31. The molecule has 0 saturated carbocycles. The molecular formula is C42H36N2. The van der Waals surface area contributed by atoms with Crippen LogP contribution in [0.5, 0.6) is 0 Å². The number of hydrogen-bond acceptors (Lipinski definition) is 1. The molecular weight excluding hydrogens is 532 g/mol. The standard InChI is InChI=1S/C42H36N2/c1-41(2)32-18-10-13-21-38(32)44-39-23-22-29(43-36-19-11-8-16-30(36)31-17-9-12-20-37(31)43)26-33(39)42(3,4)35-25-28(24-34(41)40(35)44)27-14-6-5-7-15-27/h5-12,14-20,22-26H,13,21H2,1-4H3. The van der Waals surface area contributed by atoms with Crippen LogP contribution in [0, 0.1) is 0 Å². The van der Waals surface area contributed by atoms with Crippen molar-refractivity contribution < 1.29 is 0 Å². The van der Waals surface area contributed by atoms with Gasteiger partial charge in [0.25, 0.3) is 0 Å². The molecule has 5 aromatic carbocycles. The number of nitrogens with zero attached hydrogens (tertiary/aromatic N) is 2. The number of fused-ring (bicyclic) bond motifs is 6. The van der Waals surface area contributed by atoms with Gasteiger partial charge in [0.05, 0.1) is 22.4 Å². The highest BCUT2D eigenvalue weighted by Crippen LogP contribution is 2.60. The lowest BCUT2D eigenvalue weighted by Gasteiger charge is -2.51. The fourth-order valence-corrected chi connectivity index (χ4v) is 8.33. The molecule has 3 aliphatic rings. The summed E-state index contributed by atoms with van der Waals surface area (Å²) in [4.78, 5) is 2.64. The molecule has 0 bridgehead atoms. The van der Waals surface area contributed by atoms with Gasteiger partial charge in [-0.05, 0) is 88.7 Å². The highest BCUT2D eigenvalue weighted by atomic mass is 15.2. The number of allylic oxidation sites excluding steroid dienone is 4. The van der Waals surface area contributed by atoms with Crippen LogP contribution >= 0.6 is 0 Å². The van der Waals surface area contributed by atoms with E-state index >= 15 is 0 Å². The minimum absolute atomic E-state index is 0.0892. The molecule has 44 heavy (non-hydrogen) atoms. The number of para-hydroxylation sites is 2. The van der Waals surface area contributed by atoms with Crippen LogP contribution in [0.15, 0.2) is 133 Å². The van der Waals surface area contributed by atoms with Crippen LogP contribution in [-0.4, -0.2) is 4.57 Å². The zero-order valence-electron chi connectivity index (χ0n) is 25.9. The first-order valence-corrected chi connectivity index (χ1v) is 15.9. The van der Waals surface area contributed by atoms with E-state index in [9.17, 15) is 0 Å². The number of hydrogen-bond donors (Lipinski definition) is 0. The zero-order valence-corrected chi connectivity index (χ0v) is 25.9. The molecule has 0 saturated heterocycles. The van der Waals surface area contributed by atoms with Gasteiger partial charge < -0.3 is 9.47 Å². The van der Waals surface area contributed by atoms with Gasteiger partial charge in [-0.3, -0.25) is 0 Å². The number of aromatic nitrogens is 1. The molecule has 0 N–H and O–H groups in total. The van der Waals surface area contributed by atoms with E-state index in [0.717, 1.165) is 12.8 Å². The maximum absolute atomic E-state index is 2.64. The average molecular weight is 569 g/mol. The van der Waals surface area contributed by atoms with Gasteiger partial charge in [-0.2, -0.15) is 0 Å². The molecule has 0 amide bonds. The van der Waals surface area contributed by atoms with Crippen LogP contribution in [0.25, 0.3) is 38.6 Å². The van der Waals surface area contributed by atoms with Gasteiger partial charge in [0.1, 0.15) is 0 Å². The monoisotopic (exact) mass is 568 g/mol. The zero-order chi connectivity index (χ0) is 29.8. The molecule has 2 nitrogen and oxygen atoms in total. The van der Waals surface area contributed by atoms with Crippen molar-refractivity contribution in [3.63, 3.8) is 0 Å². The summed E-state index contributed by atoms with van der Waals surface area (Å²) >= 11 is 0. The van der Waals surface area contributed by atoms with Gasteiger partial charge in [0.2, 0.25) is 0 Å². The maximum Gasteiger partial charge on any atom is 0.0541 e. The molecule has 2 aliphatic heterocycles. The maximum atomic E-state index is 2.64. The van der Waals surface area contributed by atoms with Crippen LogP contribution in [-0.2, 0) is 10.8 Å². The topological polar surface area (TPSA) is 8.17 Å². The first kappa shape index (κ1) is 25.7. The smallest absolute Gasteiger partial charge is 0.0541 e. The van der Waals surface area contributed by atoms with Crippen molar-refractivity contribution in [1.82, 2.24) is 4.57 Å². The number of anilines is 2. The highest BCUT2D eigenvalue weighted by molar-refractivity contribution is 6.09. The first-order chi connectivity index (χ1) is 21.4. The molecule has 2 heteroatoms. The summed E-state index contributed by atoms with van der Waals surface area (Å²) in [6.45, 7) is 9.71. The van der Waals surface area contributed by atoms with Crippen LogP contribution in [0.4, 0.5) is 11.4 Å². The summed E-state index contributed by atoms with van der Waals surface area (Å²) in [6, 6.07) is 40.7. The van der Waals surface area contributed by atoms with Crippen molar-refractivity contribution in [3.8, 4) is 16.8 Å². The summed E-state index contributed by atoms with van der Waals surface area (Å²) in [6.07, 6.45) is 6.91. The second kappa shape index (κ2) is 8.86. The molecule has 0 atom stereocenters. The Bertz CT molecular complexity index is 2170. The van der Waals surface area contributed by atoms with Gasteiger partial charge in [0.15, 0.2) is 0 Å². The lowest BCUT2D eigenvalue weighted by atomic mass is 9.64. The largest absolute Gasteiger partial charge is 0.313 e. The van der Waals surface area contributed by atoms with E-state index in [1.165, 1.54) is 78.0 Å². The van der Waals surface area contributed by atoms with Crippen molar-refractivity contribution in [3.05, 3.63) is 149 Å². The summed E-state index contributed by atoms with van der Waals surface area (Å²) in [5.41, 5.74) is 15.8. The molecule has 214 valence electrons. The first-order valence-electron chi connectivity index (χ1n) is 15.9. The molecule has 0 radical (unpaired) electrons. The van der Waals surface area contributed by atoms with Crippen LogP contribution < -0.4 is 4.90 Å². The van der Waals surface area contributed by atoms with E-state index in [4.69, 9.17) is 0 Å². The third-order valence-corrected chi connectivity index (χ3v) is 10.6. The average Bonchev–Trinajstić information content (AvgIpc) is 3.39. The normalized spacial score (nSPS) is 17.5. The van der Waals surface area contributed by atoms with Crippen molar-refractivity contribution in [2.75, 3.05) is 4.90 Å². The second-order valence-corrected chi connectivity index (χ2v) is 13.7. The summed E-state index contributed by atoms with van der Waals surface area (Å²) < 4.78 is 2.45. The van der Waals surface area contributed by atoms with Crippen LogP contribution in [0.1, 0.15) is 57.2 Å². The molecule has 6 aromatic rings. The minimum atomic E-state index is -0.200. The molecule has 3 heterocycles. The second-order valence-electron chi connectivity index (χ2n) is 13.7. The van der Waals surface area contributed by atoms with E-state index in [2.05, 4.69) is 159 Å². The van der Waals surface area contributed by atoms with Crippen molar-refractivity contribution >= 4 is 33.2 Å². The van der Waals surface area contributed by atoms with Gasteiger partial charge in [-0.1, -0.05) is 107 Å². The molecule has 1 aromatic heterocycles. The minimum Gasteiger partial charge on any atom is -0.313 e. The van der Waals surface area contributed by atoms with Crippen molar-refractivity contribution in [2.45, 2.75) is 51.4 Å². The molecule has 1 aliphatic carbocycles. The highest BCUT2D eigenvalue weighted by Gasteiger charge is 2.46. The molecule has 9 rings (SSSR count). The Balaban J connectivity index is 1.35. The fraction of sp³-hybridized carbons (Fsp3) is 0.190. The lowest BCUT2D eigenvalue weighted by molar-refractivity contribution is 0.576. The predicted octanol–water partition coefficient (Wildman–Crippen LogP) is 11.1. The Morgan fingerprint density at radius 2 is 1.23 bits per heavy atom. The Morgan fingerprint density at radius 1 is 0.591 bits per heavy atom. The Morgan fingerprint density at radius 3 is 1.93 bits per heavy atom. The van der Waals surface area contributed by atoms with E-state index < -0.39 is 0 Å². The Labute approximate surface area is 259 Å². The Hall–Kier alpha value is -4.82. The summed E-state index contributed by atoms with van der Waals surface area (Å²) in [7, 11) is 0. The Kier molecular flexibility index (Phi) is 5.17. The number of benzene rings is 5. The lowest BCUT2D eigenvalue weighted by Crippen LogP contribution is -2.41. The van der Waals surface area contributed by atoms with E-state index in [-0.39, 0.29) is 10.8 Å². The quantitative estimate of drug-likeness (QED) is 0.202. The van der Waals surface area contributed by atoms with Gasteiger partial charge >= 0.3 is 0 Å². The van der Waals surface area contributed by atoms with E-state index in [0.29, 0.717) is 0 Å². The molecule has 0 spiro atoms. The van der Waals surface area contributed by atoms with Crippen LogP contribution in [0.3, 0.4) is 0 Å². The van der Waals surface area contributed by atoms with Crippen LogP contribution in [0.2, 0.25) is 0 Å². The van der Waals surface area contributed by atoms with E-state index in [1.54, 1.807) is 0 Å². The summed E-state index contributed by atoms with van der Waals surface area (Å²) in [5.74, 6) is 0. The van der Waals surface area contributed by atoms with E-state index in [1.807, 2.05) is 0 Å². The van der Waals surface area contributed by atoms with Gasteiger partial charge in [-0.25, -0.2) is 0 Å².